The molecule has 0 radical (unpaired) electrons. The van der Waals surface area contributed by atoms with E-state index in [4.69, 9.17) is 0 Å². The fourth-order valence-electron chi connectivity index (χ4n) is 3.67. The lowest BCUT2D eigenvalue weighted by Gasteiger charge is -2.14. The molecule has 0 saturated carbocycles. The van der Waals surface area contributed by atoms with Gasteiger partial charge in [-0.25, -0.2) is 9.97 Å². The first-order valence-electron chi connectivity index (χ1n) is 10.6. The molecule has 4 rings (SSSR count). The van der Waals surface area contributed by atoms with Crippen molar-refractivity contribution in [3.8, 4) is 11.3 Å². The minimum atomic E-state index is -4.48. The Balaban J connectivity index is 1.55. The molecule has 8 heteroatoms. The van der Waals surface area contributed by atoms with Crippen molar-refractivity contribution in [2.24, 2.45) is 0 Å². The Morgan fingerprint density at radius 2 is 1.76 bits per heavy atom. The summed E-state index contributed by atoms with van der Waals surface area (Å²) in [7, 11) is 0. The van der Waals surface area contributed by atoms with Crippen LogP contribution >= 0.6 is 0 Å². The summed E-state index contributed by atoms with van der Waals surface area (Å²) in [5, 5.41) is 2.60. The molecule has 0 aliphatic carbocycles. The van der Waals surface area contributed by atoms with Crippen LogP contribution in [-0.4, -0.2) is 20.9 Å². The zero-order valence-corrected chi connectivity index (χ0v) is 18.3. The summed E-state index contributed by atoms with van der Waals surface area (Å²) in [4.78, 5) is 25.5. The molecule has 0 spiro atoms. The molecule has 1 amide bonds. The highest BCUT2D eigenvalue weighted by molar-refractivity contribution is 5.94. The lowest BCUT2D eigenvalue weighted by molar-refractivity contribution is -0.138. The Hall–Kier alpha value is -4.07. The number of nitrogens with zero attached hydrogens (tertiary/aromatic N) is 3. The molecule has 0 aliphatic heterocycles. The molecular weight excluding hydrogens is 441 g/mol. The van der Waals surface area contributed by atoms with Crippen LogP contribution in [0, 0.1) is 6.92 Å². The van der Waals surface area contributed by atoms with Gasteiger partial charge in [0.05, 0.1) is 17.0 Å². The monoisotopic (exact) mass is 462 g/mol. The van der Waals surface area contributed by atoms with Crippen LogP contribution in [0.3, 0.4) is 0 Å². The topological polar surface area (TPSA) is 67.8 Å². The van der Waals surface area contributed by atoms with Crippen LogP contribution in [0.4, 0.5) is 13.2 Å². The summed E-state index contributed by atoms with van der Waals surface area (Å²) in [5.74, 6) is -0.449. The number of alkyl halides is 3. The predicted octanol–water partition coefficient (Wildman–Crippen LogP) is 5.39. The Morgan fingerprint density at radius 1 is 0.941 bits per heavy atom. The fraction of sp³-hybridized carbons (Fsp3) is 0.154. The van der Waals surface area contributed by atoms with Gasteiger partial charge in [-0.2, -0.15) is 13.2 Å². The maximum Gasteiger partial charge on any atom is 0.416 e. The summed E-state index contributed by atoms with van der Waals surface area (Å²) in [6, 6.07) is 16.0. The van der Waals surface area contributed by atoms with Crippen molar-refractivity contribution in [2.75, 3.05) is 0 Å². The SMILES string of the molecule is Cc1ccc(C(=O)NCc2ccccc2C(F)(F)F)cc1Cc1ncccc1-c1ccncn1. The van der Waals surface area contributed by atoms with Gasteiger partial charge in [-0.3, -0.25) is 9.78 Å². The molecule has 0 saturated heterocycles. The van der Waals surface area contributed by atoms with Gasteiger partial charge in [0.25, 0.3) is 5.91 Å². The third-order valence-electron chi connectivity index (χ3n) is 5.48. The number of carbonyl (C=O) groups is 1. The minimum Gasteiger partial charge on any atom is -0.348 e. The van der Waals surface area contributed by atoms with Gasteiger partial charge in [-0.05, 0) is 60.0 Å². The standard InChI is InChI=1S/C26H21F3N4O/c1-17-8-9-18(25(34)32-15-19-5-2-3-7-22(19)26(27,28)29)13-20(17)14-24-21(6-4-11-31-24)23-10-12-30-16-33-23/h2-13,16H,14-15H2,1H3,(H,32,34). The Kier molecular flexibility index (Phi) is 6.67. The van der Waals surface area contributed by atoms with Crippen LogP contribution in [0.5, 0.6) is 0 Å². The van der Waals surface area contributed by atoms with E-state index in [1.165, 1.54) is 24.5 Å². The van der Waals surface area contributed by atoms with Gasteiger partial charge in [-0.15, -0.1) is 0 Å². The molecule has 1 N–H and O–H groups in total. The normalized spacial score (nSPS) is 11.3. The smallest absolute Gasteiger partial charge is 0.348 e. The van der Waals surface area contributed by atoms with E-state index < -0.39 is 17.6 Å². The van der Waals surface area contributed by atoms with Gasteiger partial charge < -0.3 is 5.32 Å². The number of amides is 1. The first-order valence-corrected chi connectivity index (χ1v) is 10.6. The molecule has 0 bridgehead atoms. The molecule has 0 aliphatic rings. The summed E-state index contributed by atoms with van der Waals surface area (Å²) >= 11 is 0. The lowest BCUT2D eigenvalue weighted by atomic mass is 9.97. The second-order valence-electron chi connectivity index (χ2n) is 7.75. The van der Waals surface area contributed by atoms with Crippen LogP contribution in [0.15, 0.2) is 79.4 Å². The van der Waals surface area contributed by atoms with Crippen molar-refractivity contribution in [2.45, 2.75) is 26.1 Å². The lowest BCUT2D eigenvalue weighted by Crippen LogP contribution is -2.24. The van der Waals surface area contributed by atoms with Gasteiger partial charge in [0.15, 0.2) is 0 Å². The van der Waals surface area contributed by atoms with Crippen LogP contribution < -0.4 is 5.32 Å². The largest absolute Gasteiger partial charge is 0.416 e. The van der Waals surface area contributed by atoms with Crippen molar-refractivity contribution in [3.63, 3.8) is 0 Å². The second kappa shape index (κ2) is 9.82. The van der Waals surface area contributed by atoms with Crippen LogP contribution in [0.2, 0.25) is 0 Å². The number of aryl methyl sites for hydroxylation is 1. The number of nitrogens with one attached hydrogen (secondary N) is 1. The van der Waals surface area contributed by atoms with Crippen LogP contribution in [0.1, 0.15) is 38.3 Å². The van der Waals surface area contributed by atoms with Gasteiger partial charge in [0.2, 0.25) is 0 Å². The van der Waals surface area contributed by atoms with Gasteiger partial charge in [-0.1, -0.05) is 24.3 Å². The molecule has 172 valence electrons. The van der Waals surface area contributed by atoms with E-state index in [9.17, 15) is 18.0 Å². The highest BCUT2D eigenvalue weighted by Crippen LogP contribution is 2.31. The van der Waals surface area contributed by atoms with Crippen molar-refractivity contribution in [3.05, 3.63) is 113 Å². The summed E-state index contributed by atoms with van der Waals surface area (Å²) < 4.78 is 39.7. The number of halogens is 3. The average molecular weight is 462 g/mol. The van der Waals surface area contributed by atoms with Crippen molar-refractivity contribution >= 4 is 5.91 Å². The third-order valence-corrected chi connectivity index (χ3v) is 5.48. The number of aromatic nitrogens is 3. The molecule has 2 aromatic carbocycles. The number of hydrogen-bond donors (Lipinski definition) is 1. The first kappa shape index (κ1) is 23.1. The number of pyridine rings is 1. The maximum absolute atomic E-state index is 13.2. The zero-order valence-electron chi connectivity index (χ0n) is 18.3. The molecule has 5 nitrogen and oxygen atoms in total. The van der Waals surface area contributed by atoms with Crippen molar-refractivity contribution in [1.29, 1.82) is 0 Å². The van der Waals surface area contributed by atoms with E-state index in [0.29, 0.717) is 12.0 Å². The molecule has 0 atom stereocenters. The van der Waals surface area contributed by atoms with E-state index in [0.717, 1.165) is 34.1 Å². The summed E-state index contributed by atoms with van der Waals surface area (Å²) in [6.45, 7) is 1.71. The van der Waals surface area contributed by atoms with E-state index in [1.807, 2.05) is 25.1 Å². The van der Waals surface area contributed by atoms with E-state index in [2.05, 4.69) is 20.3 Å². The van der Waals surface area contributed by atoms with E-state index in [1.54, 1.807) is 30.6 Å². The summed E-state index contributed by atoms with van der Waals surface area (Å²) in [5.41, 5.74) is 3.88. The molecule has 0 fully saturated rings. The molecule has 34 heavy (non-hydrogen) atoms. The fourth-order valence-corrected chi connectivity index (χ4v) is 3.67. The van der Waals surface area contributed by atoms with Crippen molar-refractivity contribution < 1.29 is 18.0 Å². The zero-order chi connectivity index (χ0) is 24.1. The Labute approximate surface area is 194 Å². The number of rotatable bonds is 6. The van der Waals surface area contributed by atoms with E-state index >= 15 is 0 Å². The highest BCUT2D eigenvalue weighted by Gasteiger charge is 2.32. The van der Waals surface area contributed by atoms with Crippen LogP contribution in [-0.2, 0) is 19.1 Å². The maximum atomic E-state index is 13.2. The average Bonchev–Trinajstić information content (AvgIpc) is 2.84. The first-order chi connectivity index (χ1) is 16.3. The quantitative estimate of drug-likeness (QED) is 0.417. The van der Waals surface area contributed by atoms with Crippen molar-refractivity contribution in [1.82, 2.24) is 20.3 Å². The molecular formula is C26H21F3N4O. The second-order valence-corrected chi connectivity index (χ2v) is 7.75. The third kappa shape index (κ3) is 5.28. The highest BCUT2D eigenvalue weighted by atomic mass is 19.4. The van der Waals surface area contributed by atoms with Gasteiger partial charge in [0.1, 0.15) is 6.33 Å². The Bertz CT molecular complexity index is 1310. The minimum absolute atomic E-state index is 0.0127. The van der Waals surface area contributed by atoms with Gasteiger partial charge >= 0.3 is 6.18 Å². The molecule has 2 aromatic heterocycles. The number of carbonyl (C=O) groups excluding carboxylic acids is 1. The molecule has 0 unspecified atom stereocenters. The number of benzene rings is 2. The molecule has 2 heterocycles. The van der Waals surface area contributed by atoms with Gasteiger partial charge in [0, 0.05) is 36.5 Å². The molecule has 4 aromatic rings. The summed E-state index contributed by atoms with van der Waals surface area (Å²) in [6.07, 6.45) is 0.808. The Morgan fingerprint density at radius 3 is 2.53 bits per heavy atom. The van der Waals surface area contributed by atoms with Crippen LogP contribution in [0.25, 0.3) is 11.3 Å². The van der Waals surface area contributed by atoms with E-state index in [-0.39, 0.29) is 12.1 Å². The predicted molar refractivity (Wildman–Crippen MR) is 122 cm³/mol. The number of hydrogen-bond acceptors (Lipinski definition) is 4.